The SMILES string of the molecule is O=C(CCc1cn[nH]c1)N1CCC2(CC1)CC(CN1CCCC1)OC2=O. The summed E-state index contributed by atoms with van der Waals surface area (Å²) in [6.07, 6.45) is 9.61. The number of cyclic esters (lactones) is 1. The number of H-pyrrole nitrogens is 1. The maximum atomic E-state index is 12.5. The molecule has 0 aliphatic carbocycles. The Bertz CT molecular complexity index is 631. The first-order chi connectivity index (χ1) is 12.6. The zero-order valence-electron chi connectivity index (χ0n) is 15.3. The van der Waals surface area contributed by atoms with Crippen LogP contribution in [0.4, 0.5) is 0 Å². The van der Waals surface area contributed by atoms with E-state index in [0.717, 1.165) is 44.5 Å². The first-order valence-corrected chi connectivity index (χ1v) is 9.83. The topological polar surface area (TPSA) is 78.5 Å². The van der Waals surface area contributed by atoms with Gasteiger partial charge in [-0.2, -0.15) is 5.10 Å². The maximum Gasteiger partial charge on any atom is 0.312 e. The highest BCUT2D eigenvalue weighted by Gasteiger charge is 2.51. The minimum Gasteiger partial charge on any atom is -0.461 e. The molecule has 7 nitrogen and oxygen atoms in total. The van der Waals surface area contributed by atoms with Crippen LogP contribution in [-0.2, 0) is 20.7 Å². The van der Waals surface area contributed by atoms with Gasteiger partial charge in [-0.15, -0.1) is 0 Å². The third kappa shape index (κ3) is 3.63. The average molecular weight is 360 g/mol. The van der Waals surface area contributed by atoms with Gasteiger partial charge in [0, 0.05) is 38.7 Å². The highest BCUT2D eigenvalue weighted by Crippen LogP contribution is 2.43. The molecule has 3 aliphatic heterocycles. The minimum absolute atomic E-state index is 0.0314. The fourth-order valence-corrected chi connectivity index (χ4v) is 4.61. The number of rotatable bonds is 5. The van der Waals surface area contributed by atoms with Crippen LogP contribution in [0.3, 0.4) is 0 Å². The summed E-state index contributed by atoms with van der Waals surface area (Å²) in [5.74, 6) is 0.133. The molecule has 1 aromatic heterocycles. The van der Waals surface area contributed by atoms with Crippen molar-refractivity contribution in [1.29, 1.82) is 0 Å². The number of esters is 1. The number of aryl methyl sites for hydroxylation is 1. The Morgan fingerprint density at radius 3 is 2.73 bits per heavy atom. The second-order valence-corrected chi connectivity index (χ2v) is 8.01. The highest BCUT2D eigenvalue weighted by atomic mass is 16.6. The Morgan fingerprint density at radius 1 is 1.27 bits per heavy atom. The van der Waals surface area contributed by atoms with Crippen LogP contribution in [0.5, 0.6) is 0 Å². The summed E-state index contributed by atoms with van der Waals surface area (Å²) in [5.41, 5.74) is 0.696. The van der Waals surface area contributed by atoms with E-state index in [1.54, 1.807) is 6.20 Å². The third-order valence-electron chi connectivity index (χ3n) is 6.24. The molecule has 0 radical (unpaired) electrons. The van der Waals surface area contributed by atoms with Crippen molar-refractivity contribution in [1.82, 2.24) is 20.0 Å². The number of hydrogen-bond donors (Lipinski definition) is 1. The molecule has 1 atom stereocenters. The summed E-state index contributed by atoms with van der Waals surface area (Å²) in [6.45, 7) is 4.45. The molecule has 3 saturated heterocycles. The van der Waals surface area contributed by atoms with Gasteiger partial charge in [0.1, 0.15) is 6.10 Å². The monoisotopic (exact) mass is 360 g/mol. The Kier molecular flexibility index (Phi) is 4.98. The lowest BCUT2D eigenvalue weighted by Crippen LogP contribution is -2.45. The average Bonchev–Trinajstić information content (AvgIpc) is 3.38. The molecule has 142 valence electrons. The fraction of sp³-hybridized carbons (Fsp3) is 0.737. The van der Waals surface area contributed by atoms with Crippen LogP contribution < -0.4 is 0 Å². The summed E-state index contributed by atoms with van der Waals surface area (Å²) in [6, 6.07) is 0. The maximum absolute atomic E-state index is 12.5. The van der Waals surface area contributed by atoms with Crippen molar-refractivity contribution < 1.29 is 14.3 Å². The Hall–Kier alpha value is -1.89. The summed E-state index contributed by atoms with van der Waals surface area (Å²) in [4.78, 5) is 29.3. The molecule has 7 heteroatoms. The largest absolute Gasteiger partial charge is 0.461 e. The van der Waals surface area contributed by atoms with Crippen LogP contribution in [-0.4, -0.2) is 70.7 Å². The molecule has 26 heavy (non-hydrogen) atoms. The van der Waals surface area contributed by atoms with Crippen molar-refractivity contribution in [3.05, 3.63) is 18.0 Å². The quantitative estimate of drug-likeness (QED) is 0.802. The van der Waals surface area contributed by atoms with Crippen LogP contribution in [0.25, 0.3) is 0 Å². The normalized spacial score (nSPS) is 25.8. The number of carbonyl (C=O) groups excluding carboxylic acids is 2. The van der Waals surface area contributed by atoms with Crippen molar-refractivity contribution >= 4 is 11.9 Å². The van der Waals surface area contributed by atoms with E-state index < -0.39 is 0 Å². The highest BCUT2D eigenvalue weighted by molar-refractivity contribution is 5.80. The van der Waals surface area contributed by atoms with E-state index in [4.69, 9.17) is 4.74 Å². The lowest BCUT2D eigenvalue weighted by molar-refractivity contribution is -0.152. The van der Waals surface area contributed by atoms with Crippen LogP contribution >= 0.6 is 0 Å². The van der Waals surface area contributed by atoms with Crippen molar-refractivity contribution in [3.63, 3.8) is 0 Å². The lowest BCUT2D eigenvalue weighted by atomic mass is 9.76. The zero-order chi connectivity index (χ0) is 18.0. The van der Waals surface area contributed by atoms with Crippen molar-refractivity contribution in [2.75, 3.05) is 32.7 Å². The number of hydrogen-bond acceptors (Lipinski definition) is 5. The third-order valence-corrected chi connectivity index (χ3v) is 6.24. The van der Waals surface area contributed by atoms with E-state index in [2.05, 4.69) is 15.1 Å². The Morgan fingerprint density at radius 2 is 2.04 bits per heavy atom. The minimum atomic E-state index is -0.355. The number of aromatic amines is 1. The van der Waals surface area contributed by atoms with Crippen LogP contribution in [0.2, 0.25) is 0 Å². The molecule has 4 heterocycles. The number of likely N-dealkylation sites (tertiary alicyclic amines) is 2. The van der Waals surface area contributed by atoms with E-state index in [1.165, 1.54) is 12.8 Å². The molecular weight excluding hydrogens is 332 g/mol. The molecule has 0 saturated carbocycles. The Balaban J connectivity index is 1.26. The number of nitrogens with zero attached hydrogens (tertiary/aromatic N) is 3. The summed E-state index contributed by atoms with van der Waals surface area (Å²) in [7, 11) is 0. The van der Waals surface area contributed by atoms with Gasteiger partial charge >= 0.3 is 5.97 Å². The molecule has 0 bridgehead atoms. The van der Waals surface area contributed by atoms with E-state index in [0.29, 0.717) is 25.9 Å². The number of carbonyl (C=O) groups is 2. The molecule has 0 aromatic carbocycles. The molecule has 1 aromatic rings. The van der Waals surface area contributed by atoms with Crippen molar-refractivity contribution in [3.8, 4) is 0 Å². The smallest absolute Gasteiger partial charge is 0.312 e. The molecule has 1 spiro atoms. The van der Waals surface area contributed by atoms with Gasteiger partial charge in [0.15, 0.2) is 0 Å². The summed E-state index contributed by atoms with van der Waals surface area (Å²) in [5, 5.41) is 6.68. The number of amides is 1. The van der Waals surface area contributed by atoms with Gasteiger partial charge in [0.2, 0.25) is 5.91 Å². The zero-order valence-corrected chi connectivity index (χ0v) is 15.3. The second kappa shape index (κ2) is 7.39. The molecule has 1 unspecified atom stereocenters. The first kappa shape index (κ1) is 17.5. The standard InChI is InChI=1S/C19H28N4O3/c24-17(4-3-15-12-20-21-13-15)23-9-5-19(6-10-23)11-16(26-18(19)25)14-22-7-1-2-8-22/h12-13,16H,1-11,14H2,(H,20,21). The number of ether oxygens (including phenoxy) is 1. The van der Waals surface area contributed by atoms with Crippen molar-refractivity contribution in [2.45, 2.75) is 51.0 Å². The molecular formula is C19H28N4O3. The lowest BCUT2D eigenvalue weighted by Gasteiger charge is -2.36. The summed E-state index contributed by atoms with van der Waals surface area (Å²) < 4.78 is 5.71. The van der Waals surface area contributed by atoms with Crippen LogP contribution in [0.1, 0.15) is 44.1 Å². The Labute approximate surface area is 154 Å². The predicted molar refractivity (Wildman–Crippen MR) is 95.3 cm³/mol. The predicted octanol–water partition coefficient (Wildman–Crippen LogP) is 1.36. The fourth-order valence-electron chi connectivity index (χ4n) is 4.61. The molecule has 3 aliphatic rings. The summed E-state index contributed by atoms with van der Waals surface area (Å²) >= 11 is 0. The van der Waals surface area contributed by atoms with Gasteiger partial charge in [-0.3, -0.25) is 19.6 Å². The van der Waals surface area contributed by atoms with Gasteiger partial charge in [-0.05, 0) is 50.8 Å². The van der Waals surface area contributed by atoms with E-state index >= 15 is 0 Å². The van der Waals surface area contributed by atoms with Gasteiger partial charge < -0.3 is 9.64 Å². The number of nitrogens with one attached hydrogen (secondary N) is 1. The van der Waals surface area contributed by atoms with Gasteiger partial charge in [-0.1, -0.05) is 0 Å². The molecule has 1 N–H and O–H groups in total. The second-order valence-electron chi connectivity index (χ2n) is 8.01. The van der Waals surface area contributed by atoms with Crippen LogP contribution in [0, 0.1) is 5.41 Å². The number of aromatic nitrogens is 2. The van der Waals surface area contributed by atoms with Gasteiger partial charge in [-0.25, -0.2) is 0 Å². The molecule has 3 fully saturated rings. The van der Waals surface area contributed by atoms with Crippen LogP contribution in [0.15, 0.2) is 12.4 Å². The molecule has 1 amide bonds. The van der Waals surface area contributed by atoms with E-state index in [9.17, 15) is 9.59 Å². The van der Waals surface area contributed by atoms with E-state index in [-0.39, 0.29) is 23.4 Å². The number of piperidine rings is 1. The van der Waals surface area contributed by atoms with Gasteiger partial charge in [0.25, 0.3) is 0 Å². The van der Waals surface area contributed by atoms with Crippen molar-refractivity contribution in [2.24, 2.45) is 5.41 Å². The molecule has 4 rings (SSSR count). The van der Waals surface area contributed by atoms with Gasteiger partial charge in [0.05, 0.1) is 11.6 Å². The first-order valence-electron chi connectivity index (χ1n) is 9.83. The van der Waals surface area contributed by atoms with E-state index in [1.807, 2.05) is 11.1 Å².